The molecule has 1 aromatic heterocycles. The van der Waals surface area contributed by atoms with Crippen molar-refractivity contribution in [1.29, 1.82) is 0 Å². The van der Waals surface area contributed by atoms with Crippen LogP contribution < -0.4 is 10.3 Å². The molecule has 0 fully saturated rings. The number of nitrogens with zero attached hydrogens (tertiary/aromatic N) is 2. The Hall–Kier alpha value is -2.27. The molecule has 1 amide bonds. The van der Waals surface area contributed by atoms with Gasteiger partial charge in [0.25, 0.3) is 0 Å². The molecule has 0 atom stereocenters. The van der Waals surface area contributed by atoms with Gasteiger partial charge < -0.3 is 9.32 Å². The quantitative estimate of drug-likeness (QED) is 0.682. The van der Waals surface area contributed by atoms with E-state index in [0.29, 0.717) is 10.8 Å². The second kappa shape index (κ2) is 6.95. The summed E-state index contributed by atoms with van der Waals surface area (Å²) in [6.07, 6.45) is 1.71. The van der Waals surface area contributed by atoms with Crippen molar-refractivity contribution in [1.82, 2.24) is 5.43 Å². The van der Waals surface area contributed by atoms with Gasteiger partial charge >= 0.3 is 0 Å². The number of carbonyl (C=O) groups excluding carboxylic acids is 1. The standard InChI is InChI=1S/C15H16ClN3O2/c1-19(2)15-8-7-13(21-15)10-17-18-14(20)9-11-3-5-12(16)6-4-11/h3-8,10H,9H2,1-2H3,(H,18,20)/b17-10+. The van der Waals surface area contributed by atoms with E-state index in [1.807, 2.05) is 37.2 Å². The molecule has 0 radical (unpaired) electrons. The van der Waals surface area contributed by atoms with Gasteiger partial charge in [0.2, 0.25) is 5.91 Å². The first kappa shape index (κ1) is 15.1. The third-order valence-electron chi connectivity index (χ3n) is 2.71. The number of halogens is 1. The molecule has 0 saturated carbocycles. The van der Waals surface area contributed by atoms with Gasteiger partial charge in [-0.1, -0.05) is 23.7 Å². The Kier molecular flexibility index (Phi) is 5.00. The molecule has 21 heavy (non-hydrogen) atoms. The number of anilines is 1. The summed E-state index contributed by atoms with van der Waals surface area (Å²) in [7, 11) is 3.77. The fourth-order valence-corrected chi connectivity index (χ4v) is 1.77. The average molecular weight is 306 g/mol. The van der Waals surface area contributed by atoms with Crippen molar-refractivity contribution < 1.29 is 9.21 Å². The minimum atomic E-state index is -0.201. The first-order chi connectivity index (χ1) is 10.0. The van der Waals surface area contributed by atoms with Crippen molar-refractivity contribution in [2.75, 3.05) is 19.0 Å². The minimum absolute atomic E-state index is 0.201. The molecule has 0 spiro atoms. The normalized spacial score (nSPS) is 10.8. The van der Waals surface area contributed by atoms with Gasteiger partial charge in [-0.25, -0.2) is 5.43 Å². The molecule has 2 aromatic rings. The molecular formula is C15H16ClN3O2. The van der Waals surface area contributed by atoms with Crippen LogP contribution in [-0.2, 0) is 11.2 Å². The van der Waals surface area contributed by atoms with Gasteiger partial charge in [-0.3, -0.25) is 4.79 Å². The van der Waals surface area contributed by atoms with Crippen molar-refractivity contribution in [2.45, 2.75) is 6.42 Å². The van der Waals surface area contributed by atoms with Gasteiger partial charge in [-0.05, 0) is 23.8 Å². The molecule has 1 heterocycles. The van der Waals surface area contributed by atoms with Crippen LogP contribution in [0.25, 0.3) is 0 Å². The average Bonchev–Trinajstić information content (AvgIpc) is 2.90. The molecule has 1 aromatic carbocycles. The lowest BCUT2D eigenvalue weighted by molar-refractivity contribution is -0.120. The highest BCUT2D eigenvalue weighted by molar-refractivity contribution is 6.30. The van der Waals surface area contributed by atoms with Crippen LogP contribution in [0.2, 0.25) is 5.02 Å². The number of amides is 1. The summed E-state index contributed by atoms with van der Waals surface area (Å²) in [6, 6.07) is 10.7. The van der Waals surface area contributed by atoms with Crippen molar-refractivity contribution in [3.63, 3.8) is 0 Å². The highest BCUT2D eigenvalue weighted by atomic mass is 35.5. The molecule has 0 unspecified atom stereocenters. The van der Waals surface area contributed by atoms with Gasteiger partial charge in [0.1, 0.15) is 5.76 Å². The largest absolute Gasteiger partial charge is 0.440 e. The van der Waals surface area contributed by atoms with E-state index in [0.717, 1.165) is 11.4 Å². The summed E-state index contributed by atoms with van der Waals surface area (Å²) < 4.78 is 5.47. The summed E-state index contributed by atoms with van der Waals surface area (Å²) in [5.74, 6) is 1.10. The van der Waals surface area contributed by atoms with Crippen LogP contribution in [0.5, 0.6) is 0 Å². The van der Waals surface area contributed by atoms with Crippen LogP contribution in [0, 0.1) is 0 Å². The van der Waals surface area contributed by atoms with Crippen molar-refractivity contribution in [3.8, 4) is 0 Å². The van der Waals surface area contributed by atoms with E-state index in [4.69, 9.17) is 16.0 Å². The predicted molar refractivity (Wildman–Crippen MR) is 83.9 cm³/mol. The summed E-state index contributed by atoms with van der Waals surface area (Å²) in [6.45, 7) is 0. The lowest BCUT2D eigenvalue weighted by Crippen LogP contribution is -2.19. The Bertz CT molecular complexity index is 633. The van der Waals surface area contributed by atoms with E-state index in [1.165, 1.54) is 6.21 Å². The van der Waals surface area contributed by atoms with Gasteiger partial charge in [-0.2, -0.15) is 5.10 Å². The minimum Gasteiger partial charge on any atom is -0.440 e. The Balaban J connectivity index is 1.85. The highest BCUT2D eigenvalue weighted by Crippen LogP contribution is 2.14. The second-order valence-electron chi connectivity index (χ2n) is 4.67. The third kappa shape index (κ3) is 4.65. The molecule has 5 nitrogen and oxygen atoms in total. The number of hydrogen-bond acceptors (Lipinski definition) is 4. The lowest BCUT2D eigenvalue weighted by atomic mass is 10.1. The maximum atomic E-state index is 11.7. The van der Waals surface area contributed by atoms with E-state index >= 15 is 0 Å². The maximum absolute atomic E-state index is 11.7. The lowest BCUT2D eigenvalue weighted by Gasteiger charge is -2.05. The summed E-state index contributed by atoms with van der Waals surface area (Å²) in [5, 5.41) is 4.51. The number of nitrogens with one attached hydrogen (secondary N) is 1. The third-order valence-corrected chi connectivity index (χ3v) is 2.96. The Morgan fingerprint density at radius 3 is 2.62 bits per heavy atom. The van der Waals surface area contributed by atoms with Crippen LogP contribution in [-0.4, -0.2) is 26.2 Å². The highest BCUT2D eigenvalue weighted by Gasteiger charge is 2.03. The number of benzene rings is 1. The molecule has 0 saturated heterocycles. The summed E-state index contributed by atoms with van der Waals surface area (Å²) in [4.78, 5) is 13.5. The molecule has 0 aliphatic rings. The van der Waals surface area contributed by atoms with Crippen LogP contribution in [0.1, 0.15) is 11.3 Å². The zero-order valence-corrected chi connectivity index (χ0v) is 12.6. The number of carbonyl (C=O) groups is 1. The maximum Gasteiger partial charge on any atom is 0.244 e. The van der Waals surface area contributed by atoms with Crippen LogP contribution in [0.15, 0.2) is 45.9 Å². The van der Waals surface area contributed by atoms with Crippen molar-refractivity contribution in [2.24, 2.45) is 5.10 Å². The molecule has 1 N–H and O–H groups in total. The topological polar surface area (TPSA) is 57.8 Å². The number of rotatable bonds is 5. The van der Waals surface area contributed by atoms with Gasteiger partial charge in [0.05, 0.1) is 12.6 Å². The predicted octanol–water partition coefficient (Wildman–Crippen LogP) is 2.69. The van der Waals surface area contributed by atoms with E-state index in [9.17, 15) is 4.79 Å². The van der Waals surface area contributed by atoms with E-state index in [2.05, 4.69) is 10.5 Å². The second-order valence-corrected chi connectivity index (χ2v) is 5.10. The fourth-order valence-electron chi connectivity index (χ4n) is 1.65. The molecule has 110 valence electrons. The van der Waals surface area contributed by atoms with Crippen LogP contribution >= 0.6 is 11.6 Å². The Labute approximate surface area is 128 Å². The van der Waals surface area contributed by atoms with E-state index in [1.54, 1.807) is 18.2 Å². The SMILES string of the molecule is CN(C)c1ccc(/C=N/NC(=O)Cc2ccc(Cl)cc2)o1. The Morgan fingerprint density at radius 2 is 2.00 bits per heavy atom. The van der Waals surface area contributed by atoms with Gasteiger partial charge in [0.15, 0.2) is 5.88 Å². The monoisotopic (exact) mass is 305 g/mol. The first-order valence-corrected chi connectivity index (χ1v) is 6.76. The summed E-state index contributed by atoms with van der Waals surface area (Å²) in [5.41, 5.74) is 3.33. The number of hydrazone groups is 1. The first-order valence-electron chi connectivity index (χ1n) is 6.38. The fraction of sp³-hybridized carbons (Fsp3) is 0.200. The summed E-state index contributed by atoms with van der Waals surface area (Å²) >= 11 is 5.79. The van der Waals surface area contributed by atoms with Crippen LogP contribution in [0.3, 0.4) is 0 Å². The zero-order chi connectivity index (χ0) is 15.2. The van der Waals surface area contributed by atoms with Crippen molar-refractivity contribution in [3.05, 3.63) is 52.7 Å². The smallest absolute Gasteiger partial charge is 0.244 e. The van der Waals surface area contributed by atoms with Gasteiger partial charge in [0, 0.05) is 25.2 Å². The number of furan rings is 1. The molecular weight excluding hydrogens is 290 g/mol. The van der Waals surface area contributed by atoms with Crippen molar-refractivity contribution >= 4 is 29.6 Å². The zero-order valence-electron chi connectivity index (χ0n) is 11.8. The van der Waals surface area contributed by atoms with E-state index in [-0.39, 0.29) is 12.3 Å². The number of hydrogen-bond donors (Lipinski definition) is 1. The molecule has 2 rings (SSSR count). The van der Waals surface area contributed by atoms with E-state index < -0.39 is 0 Å². The molecule has 0 aliphatic carbocycles. The van der Waals surface area contributed by atoms with Gasteiger partial charge in [-0.15, -0.1) is 0 Å². The molecule has 0 aliphatic heterocycles. The van der Waals surface area contributed by atoms with Crippen LogP contribution in [0.4, 0.5) is 5.88 Å². The molecule has 0 bridgehead atoms. The Morgan fingerprint density at radius 1 is 1.29 bits per heavy atom. The molecule has 6 heteroatoms.